The number of hydrogen-bond acceptors (Lipinski definition) is 5. The molecule has 3 N–H and O–H groups in total. The molecule has 0 radical (unpaired) electrons. The number of carbonyl (C=O) groups excluding carboxylic acids is 3. The van der Waals surface area contributed by atoms with E-state index in [-0.39, 0.29) is 18.9 Å². The van der Waals surface area contributed by atoms with Crippen molar-refractivity contribution in [2.24, 2.45) is 0 Å². The molecular weight excluding hydrogens is 390 g/mol. The first-order chi connectivity index (χ1) is 14.1. The highest BCUT2D eigenvalue weighted by atomic mass is 32.1. The van der Waals surface area contributed by atoms with Gasteiger partial charge in [-0.1, -0.05) is 32.3 Å². The van der Waals surface area contributed by atoms with E-state index < -0.39 is 11.8 Å². The number of thiophene rings is 1. The van der Waals surface area contributed by atoms with E-state index in [2.05, 4.69) is 23.1 Å². The van der Waals surface area contributed by atoms with Crippen LogP contribution in [-0.4, -0.2) is 30.9 Å². The molecule has 0 bridgehead atoms. The zero-order valence-electron chi connectivity index (χ0n) is 16.5. The molecule has 0 atom stereocenters. The van der Waals surface area contributed by atoms with Gasteiger partial charge in [0.15, 0.2) is 0 Å². The van der Waals surface area contributed by atoms with E-state index in [0.717, 1.165) is 12.8 Å². The lowest BCUT2D eigenvalue weighted by molar-refractivity contribution is -0.121. The second-order valence-corrected chi connectivity index (χ2v) is 7.37. The molecule has 1 heterocycles. The zero-order chi connectivity index (χ0) is 20.9. The number of carbonyl (C=O) groups is 3. The smallest absolute Gasteiger partial charge is 0.269 e. The molecule has 0 fully saturated rings. The Morgan fingerprint density at radius 1 is 0.966 bits per heavy atom. The predicted octanol–water partition coefficient (Wildman–Crippen LogP) is 3.29. The highest BCUT2D eigenvalue weighted by Gasteiger charge is 2.09. The van der Waals surface area contributed by atoms with Crippen LogP contribution in [0.5, 0.6) is 5.75 Å². The van der Waals surface area contributed by atoms with Gasteiger partial charge in [0.25, 0.3) is 11.8 Å². The molecule has 7 nitrogen and oxygen atoms in total. The largest absolute Gasteiger partial charge is 0.494 e. The minimum atomic E-state index is -0.421. The van der Waals surface area contributed by atoms with Gasteiger partial charge in [0.05, 0.1) is 11.5 Å². The first-order valence-corrected chi connectivity index (χ1v) is 10.6. The van der Waals surface area contributed by atoms with E-state index in [1.807, 2.05) is 5.38 Å². The van der Waals surface area contributed by atoms with Crippen LogP contribution in [-0.2, 0) is 4.79 Å². The summed E-state index contributed by atoms with van der Waals surface area (Å²) in [7, 11) is 0. The maximum atomic E-state index is 12.1. The molecule has 2 rings (SSSR count). The lowest BCUT2D eigenvalue weighted by Crippen LogP contribution is -2.42. The Labute approximate surface area is 174 Å². The molecule has 29 heavy (non-hydrogen) atoms. The number of ether oxygens (including phenoxy) is 1. The average molecular weight is 418 g/mol. The summed E-state index contributed by atoms with van der Waals surface area (Å²) in [4.78, 5) is 36.3. The van der Waals surface area contributed by atoms with Crippen LogP contribution in [0.2, 0.25) is 0 Å². The van der Waals surface area contributed by atoms with Crippen molar-refractivity contribution in [2.75, 3.05) is 13.2 Å². The summed E-state index contributed by atoms with van der Waals surface area (Å²) in [6.07, 6.45) is 4.60. The topological polar surface area (TPSA) is 96.5 Å². The van der Waals surface area contributed by atoms with Gasteiger partial charge in [0.2, 0.25) is 5.91 Å². The number of rotatable bonds is 11. The molecule has 156 valence electrons. The number of amides is 3. The molecule has 0 saturated heterocycles. The highest BCUT2D eigenvalue weighted by Crippen LogP contribution is 2.13. The van der Waals surface area contributed by atoms with Crippen molar-refractivity contribution in [2.45, 2.75) is 39.0 Å². The van der Waals surface area contributed by atoms with E-state index in [9.17, 15) is 14.4 Å². The van der Waals surface area contributed by atoms with Gasteiger partial charge in [-0.15, -0.1) is 11.3 Å². The third-order valence-corrected chi connectivity index (χ3v) is 4.95. The maximum Gasteiger partial charge on any atom is 0.269 e. The fourth-order valence-electron chi connectivity index (χ4n) is 2.47. The molecule has 0 unspecified atom stereocenters. The van der Waals surface area contributed by atoms with Gasteiger partial charge in [-0.05, 0) is 42.1 Å². The van der Waals surface area contributed by atoms with E-state index in [0.29, 0.717) is 22.8 Å². The molecule has 1 aromatic heterocycles. The molecular formula is C21H27N3O4S. The summed E-state index contributed by atoms with van der Waals surface area (Å²) < 4.78 is 5.64. The summed E-state index contributed by atoms with van der Waals surface area (Å²) in [5.74, 6) is -0.319. The monoisotopic (exact) mass is 417 g/mol. The number of benzene rings is 1. The van der Waals surface area contributed by atoms with Crippen LogP contribution in [0.25, 0.3) is 0 Å². The van der Waals surface area contributed by atoms with Gasteiger partial charge in [0.1, 0.15) is 5.75 Å². The summed E-state index contributed by atoms with van der Waals surface area (Å²) in [5.41, 5.74) is 5.11. The fourth-order valence-corrected chi connectivity index (χ4v) is 3.11. The Morgan fingerprint density at radius 2 is 1.76 bits per heavy atom. The molecule has 3 amide bonds. The lowest BCUT2D eigenvalue weighted by atomic mass is 10.2. The predicted molar refractivity (Wildman–Crippen MR) is 113 cm³/mol. The standard InChI is InChI=1S/C21H27N3O4S/c1-2-3-4-5-14-28-17-10-8-16(9-11-17)20(26)24-23-19(25)12-13-22-21(27)18-7-6-15-29-18/h6-11,15H,2-5,12-14H2,1H3,(H,22,27)(H,23,25)(H,24,26). The van der Waals surface area contributed by atoms with E-state index >= 15 is 0 Å². The van der Waals surface area contributed by atoms with Crippen molar-refractivity contribution in [3.63, 3.8) is 0 Å². The third kappa shape index (κ3) is 8.35. The Balaban J connectivity index is 1.63. The average Bonchev–Trinajstić information content (AvgIpc) is 3.27. The number of hydrazine groups is 1. The highest BCUT2D eigenvalue weighted by molar-refractivity contribution is 7.12. The van der Waals surface area contributed by atoms with Gasteiger partial charge in [-0.3, -0.25) is 25.2 Å². The van der Waals surface area contributed by atoms with Crippen molar-refractivity contribution < 1.29 is 19.1 Å². The van der Waals surface area contributed by atoms with Crippen molar-refractivity contribution in [1.29, 1.82) is 0 Å². The van der Waals surface area contributed by atoms with Crippen molar-refractivity contribution >= 4 is 29.1 Å². The number of nitrogens with one attached hydrogen (secondary N) is 3. The summed E-state index contributed by atoms with van der Waals surface area (Å²) >= 11 is 1.33. The summed E-state index contributed by atoms with van der Waals surface area (Å²) in [6, 6.07) is 10.2. The van der Waals surface area contributed by atoms with E-state index in [1.165, 1.54) is 24.2 Å². The first-order valence-electron chi connectivity index (χ1n) is 9.74. The van der Waals surface area contributed by atoms with Gasteiger partial charge in [-0.2, -0.15) is 0 Å². The molecule has 1 aromatic carbocycles. The van der Waals surface area contributed by atoms with Crippen LogP contribution >= 0.6 is 11.3 Å². The maximum absolute atomic E-state index is 12.1. The molecule has 0 aliphatic heterocycles. The van der Waals surface area contributed by atoms with Crippen LogP contribution in [0, 0.1) is 0 Å². The quantitative estimate of drug-likeness (QED) is 0.386. The molecule has 8 heteroatoms. The fraction of sp³-hybridized carbons (Fsp3) is 0.381. The van der Waals surface area contributed by atoms with Gasteiger partial charge in [0, 0.05) is 18.5 Å². The zero-order valence-corrected chi connectivity index (χ0v) is 17.3. The molecule has 0 spiro atoms. The molecule has 0 aliphatic rings. The van der Waals surface area contributed by atoms with Crippen molar-refractivity contribution in [3.8, 4) is 5.75 Å². The van der Waals surface area contributed by atoms with Crippen LogP contribution < -0.4 is 20.9 Å². The van der Waals surface area contributed by atoms with Crippen LogP contribution in [0.1, 0.15) is 59.1 Å². The molecule has 2 aromatic rings. The minimum Gasteiger partial charge on any atom is -0.494 e. The van der Waals surface area contributed by atoms with Gasteiger partial charge in [-0.25, -0.2) is 0 Å². The van der Waals surface area contributed by atoms with Crippen molar-refractivity contribution in [3.05, 3.63) is 52.2 Å². The van der Waals surface area contributed by atoms with Gasteiger partial charge >= 0.3 is 0 Å². The number of unbranched alkanes of at least 4 members (excludes halogenated alkanes) is 3. The normalized spacial score (nSPS) is 10.2. The SMILES string of the molecule is CCCCCCOc1ccc(C(=O)NNC(=O)CCNC(=O)c2cccs2)cc1. The minimum absolute atomic E-state index is 0.0577. The molecule has 0 aliphatic carbocycles. The second kappa shape index (κ2) is 12.6. The van der Waals surface area contributed by atoms with Crippen molar-refractivity contribution in [1.82, 2.24) is 16.2 Å². The van der Waals surface area contributed by atoms with E-state index in [4.69, 9.17) is 4.74 Å². The Bertz CT molecular complexity index is 776. The number of hydrogen-bond donors (Lipinski definition) is 3. The van der Waals surface area contributed by atoms with E-state index in [1.54, 1.807) is 36.4 Å². The van der Waals surface area contributed by atoms with Crippen LogP contribution in [0.3, 0.4) is 0 Å². The third-order valence-electron chi connectivity index (χ3n) is 4.08. The second-order valence-electron chi connectivity index (χ2n) is 6.42. The first kappa shape index (κ1) is 22.4. The lowest BCUT2D eigenvalue weighted by Gasteiger charge is -2.09. The Hall–Kier alpha value is -2.87. The van der Waals surface area contributed by atoms with Crippen LogP contribution in [0.4, 0.5) is 0 Å². The Kier molecular flexibility index (Phi) is 9.71. The van der Waals surface area contributed by atoms with Gasteiger partial charge < -0.3 is 10.1 Å². The molecule has 0 saturated carbocycles. The summed E-state index contributed by atoms with van der Waals surface area (Å²) in [6.45, 7) is 3.00. The Morgan fingerprint density at radius 3 is 2.45 bits per heavy atom. The summed E-state index contributed by atoms with van der Waals surface area (Å²) in [5, 5.41) is 4.46. The van der Waals surface area contributed by atoms with Crippen LogP contribution in [0.15, 0.2) is 41.8 Å².